The first kappa shape index (κ1) is 31.9. The van der Waals surface area contributed by atoms with Gasteiger partial charge in [-0.05, 0) is 104 Å². The SMILES string of the molecule is Cc1ccc(OCc2cccc(N)c2)c(F)c1[C@@H]1O[C@@H]2C[C@H]3[C@]4(C5CC5)CCC5=CC(=O)C=C[C@]5(C)[C@H]4[C@@H](O)C[C@]3(C)[C@]2(C(=O)CO)O1. The van der Waals surface area contributed by atoms with E-state index in [2.05, 4.69) is 6.92 Å². The van der Waals surface area contributed by atoms with Crippen LogP contribution in [0.1, 0.15) is 75.4 Å². The predicted octanol–water partition coefficient (Wildman–Crippen LogP) is 5.68. The number of fused-ring (bicyclic) bond motifs is 7. The van der Waals surface area contributed by atoms with E-state index in [1.54, 1.807) is 43.3 Å². The molecule has 4 saturated carbocycles. The Kier molecular flexibility index (Phi) is 7.18. The molecule has 9 heteroatoms. The number of benzene rings is 2. The van der Waals surface area contributed by atoms with E-state index in [0.29, 0.717) is 23.6 Å². The summed E-state index contributed by atoms with van der Waals surface area (Å²) in [7, 11) is 0. The third kappa shape index (κ3) is 4.20. The van der Waals surface area contributed by atoms with Gasteiger partial charge in [0.05, 0.1) is 17.8 Å². The molecule has 1 aliphatic heterocycles. The van der Waals surface area contributed by atoms with E-state index in [4.69, 9.17) is 19.9 Å². The second-order valence-corrected chi connectivity index (χ2v) is 15.6. The lowest BCUT2D eigenvalue weighted by atomic mass is 9.38. The van der Waals surface area contributed by atoms with E-state index >= 15 is 4.39 Å². The molecule has 0 amide bonds. The summed E-state index contributed by atoms with van der Waals surface area (Å²) < 4.78 is 35.7. The second-order valence-electron chi connectivity index (χ2n) is 15.6. The molecule has 5 fully saturated rings. The highest BCUT2D eigenvalue weighted by Crippen LogP contribution is 2.78. The van der Waals surface area contributed by atoms with Crippen molar-refractivity contribution in [1.82, 2.24) is 0 Å². The van der Waals surface area contributed by atoms with Crippen LogP contribution in [0.3, 0.4) is 0 Å². The maximum absolute atomic E-state index is 16.3. The first-order valence-electron chi connectivity index (χ1n) is 17.2. The van der Waals surface area contributed by atoms with E-state index in [9.17, 15) is 19.8 Å². The Morgan fingerprint density at radius 1 is 1.19 bits per heavy atom. The Hall–Kier alpha value is -3.37. The monoisotopic (exact) mass is 657 g/mol. The lowest BCUT2D eigenvalue weighted by Gasteiger charge is -2.66. The Bertz CT molecular complexity index is 1770. The van der Waals surface area contributed by atoms with Crippen molar-refractivity contribution in [3.63, 3.8) is 0 Å². The van der Waals surface area contributed by atoms with Crippen LogP contribution in [-0.4, -0.2) is 46.2 Å². The third-order valence-corrected chi connectivity index (χ3v) is 13.3. The van der Waals surface area contributed by atoms with Gasteiger partial charge in [-0.2, -0.15) is 0 Å². The van der Waals surface area contributed by atoms with Gasteiger partial charge in [0.15, 0.2) is 35.0 Å². The van der Waals surface area contributed by atoms with Crippen molar-refractivity contribution >= 4 is 17.3 Å². The zero-order valence-corrected chi connectivity index (χ0v) is 27.7. The number of halogens is 1. The van der Waals surface area contributed by atoms with Gasteiger partial charge in [0, 0.05) is 22.4 Å². The standard InChI is InChI=1S/C39H44FNO7/c1-21-7-10-28(46-20-22-5-4-6-25(41)15-22)33(40)32(21)35-47-31-17-29-37(3,39(31,48-35)30(45)19-42)18-27(44)34-36(2)13-12-26(43)16-24(36)11-14-38(29,34)23-8-9-23/h4-7,10,12-13,15-16,23,27,29,31,34-35,42,44H,8-9,11,14,17-20,41H2,1-3H3/t27-,29+,31+,34+,35+,36-,37-,38+,39+/m0/s1. The van der Waals surface area contributed by atoms with Gasteiger partial charge in [0.2, 0.25) is 0 Å². The molecule has 6 aliphatic rings. The number of ether oxygens (including phenoxy) is 3. The number of rotatable bonds is 7. The average Bonchev–Trinajstić information content (AvgIpc) is 3.79. The Labute approximate surface area is 280 Å². The van der Waals surface area contributed by atoms with E-state index in [0.717, 1.165) is 36.8 Å². The minimum absolute atomic E-state index is 0.0194. The largest absolute Gasteiger partial charge is 0.486 e. The molecule has 1 heterocycles. The van der Waals surface area contributed by atoms with Crippen LogP contribution in [0.2, 0.25) is 0 Å². The molecule has 8 nitrogen and oxygen atoms in total. The molecule has 0 radical (unpaired) electrons. The number of anilines is 1. The fourth-order valence-corrected chi connectivity index (χ4v) is 11.3. The third-order valence-electron chi connectivity index (χ3n) is 13.3. The maximum atomic E-state index is 16.3. The molecule has 8 rings (SSSR count). The summed E-state index contributed by atoms with van der Waals surface area (Å²) in [6.45, 7) is 5.27. The molecule has 254 valence electrons. The minimum Gasteiger partial charge on any atom is -0.486 e. The summed E-state index contributed by atoms with van der Waals surface area (Å²) in [5.74, 6) is -0.983. The summed E-state index contributed by atoms with van der Waals surface area (Å²) in [4.78, 5) is 26.6. The van der Waals surface area contributed by atoms with Crippen LogP contribution in [0, 0.1) is 46.7 Å². The number of nitrogens with two attached hydrogens (primary N) is 1. The highest BCUT2D eigenvalue weighted by Gasteiger charge is 2.80. The van der Waals surface area contributed by atoms with Gasteiger partial charge in [-0.1, -0.05) is 43.7 Å². The highest BCUT2D eigenvalue weighted by atomic mass is 19.1. The van der Waals surface area contributed by atoms with E-state index in [-0.39, 0.29) is 47.4 Å². The number of hydrogen-bond acceptors (Lipinski definition) is 8. The minimum atomic E-state index is -1.59. The fraction of sp³-hybridized carbons (Fsp3) is 0.538. The van der Waals surface area contributed by atoms with Gasteiger partial charge >= 0.3 is 0 Å². The lowest BCUT2D eigenvalue weighted by molar-refractivity contribution is -0.230. The van der Waals surface area contributed by atoms with Gasteiger partial charge < -0.3 is 30.2 Å². The number of hydrogen-bond donors (Lipinski definition) is 3. The normalized spacial score (nSPS) is 39.7. The lowest BCUT2D eigenvalue weighted by Crippen LogP contribution is -2.67. The molecule has 0 aromatic heterocycles. The smallest absolute Gasteiger partial charge is 0.193 e. The molecule has 0 spiro atoms. The Morgan fingerprint density at radius 3 is 2.71 bits per heavy atom. The number of aliphatic hydroxyl groups is 2. The van der Waals surface area contributed by atoms with Crippen LogP contribution < -0.4 is 10.5 Å². The number of nitrogen functional groups attached to an aromatic ring is 1. The van der Waals surface area contributed by atoms with Crippen LogP contribution >= 0.6 is 0 Å². The maximum Gasteiger partial charge on any atom is 0.193 e. The molecule has 2 aromatic carbocycles. The van der Waals surface area contributed by atoms with Gasteiger partial charge in [0.25, 0.3) is 0 Å². The summed E-state index contributed by atoms with van der Waals surface area (Å²) >= 11 is 0. The van der Waals surface area contributed by atoms with E-state index in [1.807, 2.05) is 25.1 Å². The van der Waals surface area contributed by atoms with Crippen molar-refractivity contribution in [2.45, 2.75) is 90.0 Å². The van der Waals surface area contributed by atoms with Crippen LogP contribution in [0.5, 0.6) is 5.75 Å². The molecular weight excluding hydrogens is 613 g/mol. The number of aliphatic hydroxyl groups excluding tert-OH is 2. The number of aryl methyl sites for hydroxylation is 1. The molecule has 2 aromatic rings. The summed E-state index contributed by atoms with van der Waals surface area (Å²) in [5.41, 5.74) is 5.78. The first-order valence-corrected chi connectivity index (χ1v) is 17.2. The highest BCUT2D eigenvalue weighted by molar-refractivity contribution is 6.01. The predicted molar refractivity (Wildman–Crippen MR) is 175 cm³/mol. The molecule has 9 atom stereocenters. The average molecular weight is 658 g/mol. The summed E-state index contributed by atoms with van der Waals surface area (Å²) in [5, 5.41) is 22.7. The molecule has 0 bridgehead atoms. The number of ketones is 2. The van der Waals surface area contributed by atoms with Crippen LogP contribution in [0.15, 0.2) is 60.2 Å². The molecule has 5 aliphatic carbocycles. The molecule has 1 saturated heterocycles. The van der Waals surface area contributed by atoms with Crippen molar-refractivity contribution in [2.24, 2.45) is 34.0 Å². The number of carbonyl (C=O) groups is 2. The Balaban J connectivity index is 1.17. The summed E-state index contributed by atoms with van der Waals surface area (Å²) in [6, 6.07) is 10.5. The zero-order valence-electron chi connectivity index (χ0n) is 27.7. The van der Waals surface area contributed by atoms with Gasteiger partial charge in [-0.15, -0.1) is 0 Å². The molecule has 0 unspecified atom stereocenters. The number of allylic oxidation sites excluding steroid dienone is 4. The van der Waals surface area contributed by atoms with E-state index in [1.165, 1.54) is 0 Å². The molecular formula is C39H44FNO7. The van der Waals surface area contributed by atoms with Crippen LogP contribution in [0.25, 0.3) is 0 Å². The fourth-order valence-electron chi connectivity index (χ4n) is 11.3. The zero-order chi connectivity index (χ0) is 33.8. The van der Waals surface area contributed by atoms with Crippen molar-refractivity contribution < 1.29 is 38.4 Å². The quantitative estimate of drug-likeness (QED) is 0.325. The van der Waals surface area contributed by atoms with Crippen molar-refractivity contribution in [1.29, 1.82) is 0 Å². The van der Waals surface area contributed by atoms with Gasteiger partial charge in [-0.3, -0.25) is 9.59 Å². The number of Topliss-reactive ketones (excluding diaryl/α,β-unsaturated/α-hetero) is 1. The van der Waals surface area contributed by atoms with Gasteiger partial charge in [0.1, 0.15) is 13.2 Å². The van der Waals surface area contributed by atoms with Crippen molar-refractivity contribution in [2.75, 3.05) is 12.3 Å². The second kappa shape index (κ2) is 10.8. The van der Waals surface area contributed by atoms with Crippen molar-refractivity contribution in [3.8, 4) is 5.75 Å². The topological polar surface area (TPSA) is 128 Å². The molecule has 48 heavy (non-hydrogen) atoms. The van der Waals surface area contributed by atoms with Gasteiger partial charge in [-0.25, -0.2) is 4.39 Å². The van der Waals surface area contributed by atoms with Crippen LogP contribution in [0.4, 0.5) is 10.1 Å². The van der Waals surface area contributed by atoms with Crippen molar-refractivity contribution in [3.05, 3.63) is 82.7 Å². The Morgan fingerprint density at radius 2 is 1.98 bits per heavy atom. The number of carbonyl (C=O) groups excluding carboxylic acids is 2. The molecule has 4 N–H and O–H groups in total. The first-order chi connectivity index (χ1) is 22.9. The van der Waals surface area contributed by atoms with Crippen LogP contribution in [-0.2, 0) is 25.7 Å². The van der Waals surface area contributed by atoms with E-state index < -0.39 is 53.1 Å². The summed E-state index contributed by atoms with van der Waals surface area (Å²) in [6.07, 6.45) is 6.97.